The Bertz CT molecular complexity index is 1490. The Morgan fingerprint density at radius 1 is 1.15 bits per heavy atom. The second-order valence-corrected chi connectivity index (χ2v) is 12.5. The average Bonchev–Trinajstić information content (AvgIpc) is 3.51. The third-order valence-corrected chi connectivity index (χ3v) is 9.09. The van der Waals surface area contributed by atoms with E-state index in [2.05, 4.69) is 15.1 Å². The molecule has 3 aromatic rings. The van der Waals surface area contributed by atoms with Crippen molar-refractivity contribution in [3.05, 3.63) is 39.3 Å². The second-order valence-electron chi connectivity index (χ2n) is 10.8. The van der Waals surface area contributed by atoms with Gasteiger partial charge in [0.05, 0.1) is 20.3 Å². The minimum atomic E-state index is -5.03. The lowest BCUT2D eigenvalue weighted by Crippen LogP contribution is -2.42. The number of carbonyl (C=O) groups is 2. The number of amides is 1. The van der Waals surface area contributed by atoms with E-state index in [4.69, 9.17) is 27.7 Å². The highest BCUT2D eigenvalue weighted by atomic mass is 35.5. The lowest BCUT2D eigenvalue weighted by atomic mass is 9.90. The molecule has 0 spiro atoms. The molecule has 41 heavy (non-hydrogen) atoms. The Balaban J connectivity index is 1.83. The number of nitrogens with zero attached hydrogens (tertiary/aromatic N) is 4. The molecule has 1 aliphatic rings. The first kappa shape index (κ1) is 31.2. The van der Waals surface area contributed by atoms with Crippen LogP contribution in [0.15, 0.2) is 16.7 Å². The largest absolute Gasteiger partial charge is 0.481 e. The summed E-state index contributed by atoms with van der Waals surface area (Å²) in [6.45, 7) is 5.98. The number of hydrogen-bond acceptors (Lipinski definition) is 8. The Hall–Kier alpha value is -2.74. The van der Waals surface area contributed by atoms with Crippen LogP contribution in [0, 0.1) is 5.41 Å². The molecule has 4 rings (SSSR count). The SMILES string of the molecule is C[C@H]1CCCCN1C(=O)c1nc(-c2noc(CC(C)(C)C(=O)O)n2)sc1-c1ccc(C(C)(O)C(F)(F)F)c(Cl)c1Cl. The number of piperidine rings is 1. The van der Waals surface area contributed by atoms with Gasteiger partial charge in [0.2, 0.25) is 11.7 Å². The zero-order valence-corrected chi connectivity index (χ0v) is 24.8. The molecule has 1 amide bonds. The zero-order valence-electron chi connectivity index (χ0n) is 22.5. The fourth-order valence-electron chi connectivity index (χ4n) is 4.40. The second kappa shape index (κ2) is 11.2. The minimum absolute atomic E-state index is 0.00275. The smallest absolute Gasteiger partial charge is 0.421 e. The van der Waals surface area contributed by atoms with Crippen molar-refractivity contribution in [3.63, 3.8) is 0 Å². The van der Waals surface area contributed by atoms with E-state index in [1.165, 1.54) is 19.9 Å². The molecule has 1 aliphatic heterocycles. The number of halogens is 5. The number of carboxylic acids is 1. The normalized spacial score (nSPS) is 17.9. The molecule has 1 aromatic carbocycles. The maximum absolute atomic E-state index is 13.7. The summed E-state index contributed by atoms with van der Waals surface area (Å²) in [5, 5.41) is 22.8. The molecule has 222 valence electrons. The van der Waals surface area contributed by atoms with Crippen molar-refractivity contribution in [2.75, 3.05) is 6.54 Å². The van der Waals surface area contributed by atoms with Crippen LogP contribution in [0.2, 0.25) is 10.0 Å². The summed E-state index contributed by atoms with van der Waals surface area (Å²) >= 11 is 13.7. The topological polar surface area (TPSA) is 130 Å². The number of aliphatic hydroxyl groups is 1. The number of carbonyl (C=O) groups excluding carboxylic acids is 1. The lowest BCUT2D eigenvalue weighted by Gasteiger charge is -2.33. The van der Waals surface area contributed by atoms with Gasteiger partial charge in [0.15, 0.2) is 10.6 Å². The van der Waals surface area contributed by atoms with Crippen LogP contribution in [0.25, 0.3) is 21.3 Å². The Labute approximate surface area is 247 Å². The average molecular weight is 635 g/mol. The highest BCUT2D eigenvalue weighted by Crippen LogP contribution is 2.47. The fraction of sp³-hybridized carbons (Fsp3) is 0.500. The van der Waals surface area contributed by atoms with Gasteiger partial charge in [-0.25, -0.2) is 4.98 Å². The van der Waals surface area contributed by atoms with Crippen LogP contribution < -0.4 is 0 Å². The molecule has 1 unspecified atom stereocenters. The van der Waals surface area contributed by atoms with E-state index < -0.39 is 39.7 Å². The molecule has 3 heterocycles. The van der Waals surface area contributed by atoms with Crippen LogP contribution >= 0.6 is 34.5 Å². The highest BCUT2D eigenvalue weighted by Gasteiger charge is 2.52. The maximum atomic E-state index is 13.7. The summed E-state index contributed by atoms with van der Waals surface area (Å²) in [4.78, 5) is 35.9. The van der Waals surface area contributed by atoms with Crippen molar-refractivity contribution in [1.29, 1.82) is 0 Å². The van der Waals surface area contributed by atoms with Gasteiger partial charge in [0.1, 0.15) is 5.69 Å². The van der Waals surface area contributed by atoms with E-state index in [1.807, 2.05) is 6.92 Å². The number of aromatic nitrogens is 3. The molecule has 0 bridgehead atoms. The van der Waals surface area contributed by atoms with Gasteiger partial charge in [0, 0.05) is 30.1 Å². The van der Waals surface area contributed by atoms with Crippen LogP contribution in [-0.2, 0) is 16.8 Å². The molecule has 1 saturated heterocycles. The molecule has 2 N–H and O–H groups in total. The van der Waals surface area contributed by atoms with Crippen LogP contribution in [0.3, 0.4) is 0 Å². The van der Waals surface area contributed by atoms with Crippen molar-refractivity contribution >= 4 is 46.4 Å². The zero-order chi connectivity index (χ0) is 30.5. The molecular formula is C26H27Cl2F3N4O5S. The molecule has 2 aromatic heterocycles. The molecule has 15 heteroatoms. The number of thiazole rings is 1. The number of rotatable bonds is 7. The number of likely N-dealkylation sites (tertiary alicyclic amines) is 1. The first-order valence-electron chi connectivity index (χ1n) is 12.6. The van der Waals surface area contributed by atoms with E-state index in [0.717, 1.165) is 36.7 Å². The van der Waals surface area contributed by atoms with Gasteiger partial charge in [-0.1, -0.05) is 40.5 Å². The van der Waals surface area contributed by atoms with Crippen molar-refractivity contribution in [2.45, 2.75) is 71.2 Å². The predicted octanol–water partition coefficient (Wildman–Crippen LogP) is 6.60. The van der Waals surface area contributed by atoms with Gasteiger partial charge < -0.3 is 19.6 Å². The van der Waals surface area contributed by atoms with E-state index in [1.54, 1.807) is 4.90 Å². The van der Waals surface area contributed by atoms with Crippen molar-refractivity contribution < 1.29 is 37.5 Å². The van der Waals surface area contributed by atoms with Gasteiger partial charge in [0.25, 0.3) is 5.91 Å². The van der Waals surface area contributed by atoms with E-state index in [9.17, 15) is 33.0 Å². The van der Waals surface area contributed by atoms with E-state index >= 15 is 0 Å². The van der Waals surface area contributed by atoms with Crippen molar-refractivity contribution in [2.24, 2.45) is 5.41 Å². The fourth-order valence-corrected chi connectivity index (χ4v) is 6.08. The molecule has 2 atom stereocenters. The quantitative estimate of drug-likeness (QED) is 0.297. The van der Waals surface area contributed by atoms with Crippen LogP contribution in [0.1, 0.15) is 68.9 Å². The lowest BCUT2D eigenvalue weighted by molar-refractivity contribution is -0.258. The molecule has 0 saturated carbocycles. The number of hydrogen-bond donors (Lipinski definition) is 2. The summed E-state index contributed by atoms with van der Waals surface area (Å²) in [6.07, 6.45) is -2.55. The predicted molar refractivity (Wildman–Crippen MR) is 146 cm³/mol. The van der Waals surface area contributed by atoms with Gasteiger partial charge in [-0.2, -0.15) is 18.2 Å². The Kier molecular flexibility index (Phi) is 8.49. The van der Waals surface area contributed by atoms with Crippen LogP contribution in [0.5, 0.6) is 0 Å². The Morgan fingerprint density at radius 2 is 1.83 bits per heavy atom. The third kappa shape index (κ3) is 5.95. The van der Waals surface area contributed by atoms with Crippen molar-refractivity contribution in [3.8, 4) is 21.3 Å². The first-order valence-corrected chi connectivity index (χ1v) is 14.2. The van der Waals surface area contributed by atoms with Gasteiger partial charge in [-0.15, -0.1) is 11.3 Å². The highest BCUT2D eigenvalue weighted by molar-refractivity contribution is 7.18. The standard InChI is InChI=1S/C26H27Cl2F3N4O5S/c1-12-7-5-6-10-35(12)22(36)18-19(13-8-9-14(17(28)16(13)27)25(4,39)26(29,30)31)41-21(33-18)20-32-15(40-34-20)11-24(2,3)23(37)38/h8-9,12,39H,5-7,10-11H2,1-4H3,(H,37,38)/t12-,25?/m0/s1. The number of benzene rings is 1. The monoisotopic (exact) mass is 634 g/mol. The van der Waals surface area contributed by atoms with E-state index in [-0.39, 0.29) is 50.3 Å². The summed E-state index contributed by atoms with van der Waals surface area (Å²) in [5.74, 6) is -1.43. The van der Waals surface area contributed by atoms with Crippen LogP contribution in [0.4, 0.5) is 13.2 Å². The molecule has 9 nitrogen and oxygen atoms in total. The Morgan fingerprint density at radius 3 is 2.44 bits per heavy atom. The van der Waals surface area contributed by atoms with E-state index in [0.29, 0.717) is 13.5 Å². The molecule has 1 fully saturated rings. The first-order chi connectivity index (χ1) is 19.0. The van der Waals surface area contributed by atoms with Crippen molar-refractivity contribution in [1.82, 2.24) is 20.0 Å². The molecular weight excluding hydrogens is 608 g/mol. The number of aliphatic carboxylic acids is 1. The van der Waals surface area contributed by atoms with Gasteiger partial charge >= 0.3 is 12.1 Å². The summed E-state index contributed by atoms with van der Waals surface area (Å²) in [5.41, 5.74) is -5.01. The molecule has 0 radical (unpaired) electrons. The van der Waals surface area contributed by atoms with Crippen LogP contribution in [-0.4, -0.2) is 60.9 Å². The maximum Gasteiger partial charge on any atom is 0.421 e. The van der Waals surface area contributed by atoms with Gasteiger partial charge in [-0.05, 0) is 47.0 Å². The number of carboxylic acid groups (broad SMARTS) is 1. The minimum Gasteiger partial charge on any atom is -0.481 e. The number of alkyl halides is 3. The summed E-state index contributed by atoms with van der Waals surface area (Å²) in [6, 6.07) is 2.18. The van der Waals surface area contributed by atoms with Gasteiger partial charge in [-0.3, -0.25) is 9.59 Å². The summed E-state index contributed by atoms with van der Waals surface area (Å²) in [7, 11) is 0. The summed E-state index contributed by atoms with van der Waals surface area (Å²) < 4.78 is 45.9. The third-order valence-electron chi connectivity index (χ3n) is 7.13. The molecule has 0 aliphatic carbocycles.